The average Bonchev–Trinajstić information content (AvgIpc) is 2.94. The second-order valence-electron chi connectivity index (χ2n) is 9.74. The summed E-state index contributed by atoms with van der Waals surface area (Å²) in [6, 6.07) is 14.5. The molecule has 1 N–H and O–H groups in total. The van der Waals surface area contributed by atoms with Crippen LogP contribution >= 0.6 is 0 Å². The summed E-state index contributed by atoms with van der Waals surface area (Å²) < 4.78 is 28.2. The number of hydrogen-bond donors (Lipinski definition) is 1. The lowest BCUT2D eigenvalue weighted by molar-refractivity contribution is -0.0199. The van der Waals surface area contributed by atoms with Crippen LogP contribution in [0.4, 0.5) is 10.5 Å². The number of carbonyl (C=O) groups is 1. The van der Waals surface area contributed by atoms with Gasteiger partial charge in [-0.2, -0.15) is 0 Å². The number of anilines is 1. The van der Waals surface area contributed by atoms with Crippen molar-refractivity contribution in [2.45, 2.75) is 38.1 Å². The van der Waals surface area contributed by atoms with Crippen LogP contribution in [0.25, 0.3) is 0 Å². The summed E-state index contributed by atoms with van der Waals surface area (Å²) in [5.41, 5.74) is 4.37. The van der Waals surface area contributed by atoms with Crippen LogP contribution in [0.1, 0.15) is 35.4 Å². The second-order valence-corrected chi connectivity index (χ2v) is 9.74. The summed E-state index contributed by atoms with van der Waals surface area (Å²) in [6.45, 7) is 6.04. The van der Waals surface area contributed by atoms with E-state index >= 15 is 0 Å². The van der Waals surface area contributed by atoms with Crippen LogP contribution in [-0.2, 0) is 32.2 Å². The Morgan fingerprint density at radius 1 is 1.00 bits per heavy atom. The molecule has 0 radical (unpaired) electrons. The molecule has 2 aliphatic rings. The number of benzene rings is 2. The fourth-order valence-corrected chi connectivity index (χ4v) is 5.08. The van der Waals surface area contributed by atoms with Crippen LogP contribution in [0, 0.1) is 0 Å². The standard InChI is InChI=1S/C29H40N2O7/c1-34-14-3-11-30-13-15-37-27-9-6-23(18-26(27)30)21-38-28-19-31(29(32)33)12-10-25(28)24-7-4-22(5-8-24)20-36-17-16-35-2/h4-9,18,25,28H,3,10-17,19-21H2,1-2H3,(H,32,33). The third-order valence-electron chi connectivity index (χ3n) is 7.16. The van der Waals surface area contributed by atoms with Gasteiger partial charge in [0, 0.05) is 39.8 Å². The van der Waals surface area contributed by atoms with Crippen LogP contribution in [-0.4, -0.2) is 89.0 Å². The molecule has 1 saturated heterocycles. The van der Waals surface area contributed by atoms with Crippen molar-refractivity contribution >= 4 is 11.8 Å². The van der Waals surface area contributed by atoms with E-state index in [1.54, 1.807) is 14.2 Å². The quantitative estimate of drug-likeness (QED) is 0.388. The van der Waals surface area contributed by atoms with Crippen LogP contribution in [0.3, 0.4) is 0 Å². The minimum Gasteiger partial charge on any atom is -0.490 e. The van der Waals surface area contributed by atoms with E-state index in [2.05, 4.69) is 35.2 Å². The number of amides is 1. The lowest BCUT2D eigenvalue weighted by Gasteiger charge is -2.37. The van der Waals surface area contributed by atoms with Gasteiger partial charge in [0.2, 0.25) is 0 Å². The Bertz CT molecular complexity index is 1020. The van der Waals surface area contributed by atoms with Crippen molar-refractivity contribution < 1.29 is 33.6 Å². The summed E-state index contributed by atoms with van der Waals surface area (Å²) in [5, 5.41) is 9.62. The molecule has 2 atom stereocenters. The van der Waals surface area contributed by atoms with Crippen LogP contribution < -0.4 is 9.64 Å². The summed E-state index contributed by atoms with van der Waals surface area (Å²) >= 11 is 0. The highest BCUT2D eigenvalue weighted by Crippen LogP contribution is 2.35. The van der Waals surface area contributed by atoms with E-state index in [4.69, 9.17) is 23.7 Å². The monoisotopic (exact) mass is 528 g/mol. The summed E-state index contributed by atoms with van der Waals surface area (Å²) in [7, 11) is 3.38. The number of rotatable bonds is 13. The van der Waals surface area contributed by atoms with Gasteiger partial charge < -0.3 is 38.6 Å². The number of fused-ring (bicyclic) bond motifs is 1. The molecule has 2 aromatic carbocycles. The number of ether oxygens (including phenoxy) is 5. The molecular weight excluding hydrogens is 488 g/mol. The third kappa shape index (κ3) is 7.60. The van der Waals surface area contributed by atoms with E-state index < -0.39 is 6.09 Å². The molecule has 0 aromatic heterocycles. The second kappa shape index (κ2) is 14.3. The molecular formula is C29H40N2O7. The van der Waals surface area contributed by atoms with E-state index in [-0.39, 0.29) is 12.0 Å². The number of methoxy groups -OCH3 is 2. The molecule has 2 unspecified atom stereocenters. The van der Waals surface area contributed by atoms with Gasteiger partial charge in [0.25, 0.3) is 0 Å². The Labute approximate surface area is 225 Å². The SMILES string of the molecule is COCCCN1CCOc2ccc(COC3CN(C(=O)O)CCC3c3ccc(COCCOC)cc3)cc21. The van der Waals surface area contributed by atoms with Gasteiger partial charge in [-0.05, 0) is 41.7 Å². The fourth-order valence-electron chi connectivity index (χ4n) is 5.08. The van der Waals surface area contributed by atoms with Gasteiger partial charge in [-0.15, -0.1) is 0 Å². The molecule has 0 aliphatic carbocycles. The number of hydrogen-bond acceptors (Lipinski definition) is 7. The van der Waals surface area contributed by atoms with E-state index in [0.717, 1.165) is 54.2 Å². The van der Waals surface area contributed by atoms with Crippen molar-refractivity contribution in [2.75, 3.05) is 71.7 Å². The molecule has 1 fully saturated rings. The van der Waals surface area contributed by atoms with E-state index in [9.17, 15) is 9.90 Å². The Hall–Kier alpha value is -2.85. The molecule has 4 rings (SSSR count). The Kier molecular flexibility index (Phi) is 10.6. The maximum Gasteiger partial charge on any atom is 0.407 e. The average molecular weight is 529 g/mol. The maximum atomic E-state index is 11.7. The normalized spacial score (nSPS) is 19.2. The van der Waals surface area contributed by atoms with Crippen molar-refractivity contribution in [1.82, 2.24) is 4.90 Å². The van der Waals surface area contributed by atoms with Crippen molar-refractivity contribution in [2.24, 2.45) is 0 Å². The molecule has 208 valence electrons. The first-order valence-corrected chi connectivity index (χ1v) is 13.3. The summed E-state index contributed by atoms with van der Waals surface area (Å²) in [4.78, 5) is 15.5. The topological polar surface area (TPSA) is 89.9 Å². The zero-order valence-corrected chi connectivity index (χ0v) is 22.5. The molecule has 0 saturated carbocycles. The first-order valence-electron chi connectivity index (χ1n) is 13.3. The smallest absolute Gasteiger partial charge is 0.407 e. The highest BCUT2D eigenvalue weighted by Gasteiger charge is 2.33. The lowest BCUT2D eigenvalue weighted by atomic mass is 9.86. The molecule has 0 bridgehead atoms. The van der Waals surface area contributed by atoms with E-state index in [0.29, 0.717) is 52.5 Å². The Balaban J connectivity index is 1.42. The van der Waals surface area contributed by atoms with Crippen molar-refractivity contribution in [1.29, 1.82) is 0 Å². The molecule has 2 aliphatic heterocycles. The lowest BCUT2D eigenvalue weighted by Crippen LogP contribution is -2.46. The van der Waals surface area contributed by atoms with Crippen molar-refractivity contribution in [3.05, 3.63) is 59.2 Å². The van der Waals surface area contributed by atoms with Crippen LogP contribution in [0.15, 0.2) is 42.5 Å². The summed E-state index contributed by atoms with van der Waals surface area (Å²) in [5.74, 6) is 0.997. The zero-order valence-electron chi connectivity index (χ0n) is 22.5. The van der Waals surface area contributed by atoms with Crippen LogP contribution in [0.5, 0.6) is 5.75 Å². The number of likely N-dealkylation sites (tertiary alicyclic amines) is 1. The largest absolute Gasteiger partial charge is 0.490 e. The van der Waals surface area contributed by atoms with Crippen LogP contribution in [0.2, 0.25) is 0 Å². The van der Waals surface area contributed by atoms with Gasteiger partial charge in [-0.3, -0.25) is 0 Å². The minimum absolute atomic E-state index is 0.112. The molecule has 9 heteroatoms. The van der Waals surface area contributed by atoms with E-state index in [1.165, 1.54) is 4.90 Å². The highest BCUT2D eigenvalue weighted by molar-refractivity contribution is 5.65. The molecule has 2 heterocycles. The number of piperidine rings is 1. The zero-order chi connectivity index (χ0) is 26.7. The van der Waals surface area contributed by atoms with E-state index in [1.807, 2.05) is 12.1 Å². The Morgan fingerprint density at radius 3 is 2.55 bits per heavy atom. The van der Waals surface area contributed by atoms with Gasteiger partial charge in [-0.25, -0.2) is 4.79 Å². The maximum absolute atomic E-state index is 11.7. The number of nitrogens with zero attached hydrogens (tertiary/aromatic N) is 2. The molecule has 2 aromatic rings. The predicted molar refractivity (Wildman–Crippen MR) is 144 cm³/mol. The first-order chi connectivity index (χ1) is 18.6. The van der Waals surface area contributed by atoms with Crippen molar-refractivity contribution in [3.8, 4) is 5.75 Å². The van der Waals surface area contributed by atoms with Gasteiger partial charge >= 0.3 is 6.09 Å². The molecule has 1 amide bonds. The third-order valence-corrected chi connectivity index (χ3v) is 7.16. The van der Waals surface area contributed by atoms with Crippen molar-refractivity contribution in [3.63, 3.8) is 0 Å². The van der Waals surface area contributed by atoms with Gasteiger partial charge in [0.05, 0.1) is 51.3 Å². The molecule has 0 spiro atoms. The van der Waals surface area contributed by atoms with Gasteiger partial charge in [-0.1, -0.05) is 30.3 Å². The highest BCUT2D eigenvalue weighted by atomic mass is 16.5. The molecule has 9 nitrogen and oxygen atoms in total. The molecule has 38 heavy (non-hydrogen) atoms. The Morgan fingerprint density at radius 2 is 1.79 bits per heavy atom. The first kappa shape index (κ1) is 28.2. The predicted octanol–water partition coefficient (Wildman–Crippen LogP) is 4.14. The minimum atomic E-state index is -0.904. The summed E-state index contributed by atoms with van der Waals surface area (Å²) in [6.07, 6.45) is 0.516. The van der Waals surface area contributed by atoms with Gasteiger partial charge in [0.15, 0.2) is 0 Å². The van der Waals surface area contributed by atoms with Gasteiger partial charge in [0.1, 0.15) is 12.4 Å². The number of carboxylic acid groups (broad SMARTS) is 1. The fraction of sp³-hybridized carbons (Fsp3) is 0.552.